The lowest BCUT2D eigenvalue weighted by Crippen LogP contribution is -1.58. The fraction of sp³-hybridized carbons (Fsp3) is 0.0857. The minimum absolute atomic E-state index is 1.03. The summed E-state index contributed by atoms with van der Waals surface area (Å²) in [5, 5.41) is 4.08. The molecule has 6 nitrogen and oxygen atoms in total. The monoisotopic (exact) mass is 578 g/mol. The molecule has 8 rings (SSSR count). The molecule has 0 N–H and O–H groups in total. The van der Waals surface area contributed by atoms with Crippen LogP contribution in [0.4, 0.5) is 0 Å². The van der Waals surface area contributed by atoms with Crippen molar-refractivity contribution >= 4 is 23.8 Å². The summed E-state index contributed by atoms with van der Waals surface area (Å²) in [6.45, 7) is 0. The minimum Gasteiger partial charge on any atom is -0.473 e. The second-order valence-electron chi connectivity index (χ2n) is 7.44. The van der Waals surface area contributed by atoms with Crippen molar-refractivity contribution in [1.29, 1.82) is 0 Å². The van der Waals surface area contributed by atoms with Gasteiger partial charge in [-0.2, -0.15) is 11.3 Å². The summed E-state index contributed by atoms with van der Waals surface area (Å²) in [6.07, 6.45) is 34.2. The number of rotatable bonds is 0. The van der Waals surface area contributed by atoms with Crippen molar-refractivity contribution in [1.82, 2.24) is 9.97 Å². The molecule has 3 aliphatic rings. The van der Waals surface area contributed by atoms with E-state index >= 15 is 0 Å². The van der Waals surface area contributed by atoms with Gasteiger partial charge < -0.3 is 8.83 Å². The number of hydrogen-bond acceptors (Lipinski definition) is 7. The number of thiophene rings is 1. The van der Waals surface area contributed by atoms with Crippen LogP contribution in [0, 0.1) is 0 Å². The first kappa shape index (κ1) is 34.9. The van der Waals surface area contributed by atoms with Crippen LogP contribution in [0.1, 0.15) is 19.3 Å². The Labute approximate surface area is 253 Å². The third kappa shape index (κ3) is 29.4. The maximum absolute atomic E-state index is 4.58. The summed E-state index contributed by atoms with van der Waals surface area (Å²) in [4.78, 5) is 14.9. The van der Waals surface area contributed by atoms with E-state index in [1.807, 2.05) is 114 Å². The molecule has 0 atom stereocenters. The number of furan rings is 1. The fourth-order valence-electron chi connectivity index (χ4n) is 2.33. The molecule has 1 aromatic carbocycles. The van der Waals surface area contributed by atoms with Crippen LogP contribution in [0.2, 0.25) is 0 Å². The van der Waals surface area contributed by atoms with Gasteiger partial charge in [0, 0.05) is 50.1 Å². The summed E-state index contributed by atoms with van der Waals surface area (Å²) in [7, 11) is 0. The smallest absolute Gasteiger partial charge is 0.180 e. The number of pyridine rings is 1. The Morgan fingerprint density at radius 1 is 0.452 bits per heavy atom. The van der Waals surface area contributed by atoms with Gasteiger partial charge in [-0.05, 0) is 41.4 Å². The van der Waals surface area contributed by atoms with Gasteiger partial charge in [0.05, 0.1) is 18.7 Å². The molecule has 42 heavy (non-hydrogen) atoms. The van der Waals surface area contributed by atoms with Gasteiger partial charge in [-0.25, -0.2) is 4.98 Å². The third-order valence-corrected chi connectivity index (χ3v) is 4.79. The average molecular weight is 579 g/mol. The zero-order chi connectivity index (χ0) is 29.7. The van der Waals surface area contributed by atoms with E-state index in [1.54, 1.807) is 54.9 Å². The molecule has 7 heteroatoms. The third-order valence-electron chi connectivity index (χ3n) is 4.16. The number of allylic oxidation sites excluding steroid dienone is 6. The van der Waals surface area contributed by atoms with E-state index in [-0.39, 0.29) is 0 Å². The predicted molar refractivity (Wildman–Crippen MR) is 178 cm³/mol. The molecule has 1 aliphatic carbocycles. The van der Waals surface area contributed by atoms with Crippen molar-refractivity contribution in [2.45, 2.75) is 19.3 Å². The Morgan fingerprint density at radius 2 is 1.00 bits per heavy atom. The Bertz CT molecular complexity index is 999. The van der Waals surface area contributed by atoms with Gasteiger partial charge in [0.15, 0.2) is 6.39 Å². The molecule has 4 aromatic heterocycles. The highest BCUT2D eigenvalue weighted by molar-refractivity contribution is 7.07. The normalized spacial score (nSPS) is 11.4. The van der Waals surface area contributed by atoms with Gasteiger partial charge in [-0.1, -0.05) is 91.1 Å². The molecule has 0 unspecified atom stereocenters. The number of nitrogens with zero attached hydrogens (tertiary/aromatic N) is 4. The quantitative estimate of drug-likeness (QED) is 0.183. The molecule has 0 saturated carbocycles. The van der Waals surface area contributed by atoms with Crippen LogP contribution < -0.4 is 0 Å². The number of aromatic nitrogens is 2. The van der Waals surface area contributed by atoms with E-state index in [0.717, 1.165) is 19.3 Å². The maximum atomic E-state index is 4.58. The summed E-state index contributed by atoms with van der Waals surface area (Å²) < 4.78 is 9.06. The Hall–Kier alpha value is -5.14. The molecule has 0 spiro atoms. The number of hydrogen-bond donors (Lipinski definition) is 0. The summed E-state index contributed by atoms with van der Waals surface area (Å²) >= 11 is 1.71. The zero-order valence-electron chi connectivity index (χ0n) is 23.6. The van der Waals surface area contributed by atoms with Crippen molar-refractivity contribution in [2.24, 2.45) is 9.98 Å². The van der Waals surface area contributed by atoms with Gasteiger partial charge in [-0.15, -0.1) is 0 Å². The standard InChI is InChI=1S/C6H6.C5H5N.C5H6.2C4H5N.C4H4O.C4H4S.C3H3NO/c2*1-2-4-6-5-3-1;5*1-2-4-5-3-1;1-2-5-3-4-1/h1-6H;1-5H;1-4H,5H2;2*1,3-4H,2H2;2*1-4H;1-3H. The van der Waals surface area contributed by atoms with Gasteiger partial charge in [0.25, 0.3) is 0 Å². The van der Waals surface area contributed by atoms with Crippen LogP contribution in [-0.4, -0.2) is 22.4 Å². The molecule has 0 saturated heterocycles. The molecule has 6 heterocycles. The van der Waals surface area contributed by atoms with Crippen molar-refractivity contribution in [3.8, 4) is 0 Å². The van der Waals surface area contributed by atoms with Gasteiger partial charge >= 0.3 is 0 Å². The fourth-order valence-corrected chi connectivity index (χ4v) is 2.78. The van der Waals surface area contributed by atoms with Crippen LogP contribution in [0.15, 0.2) is 201 Å². The van der Waals surface area contributed by atoms with Crippen LogP contribution >= 0.6 is 11.3 Å². The topological polar surface area (TPSA) is 76.8 Å². The second kappa shape index (κ2) is 32.1. The predicted octanol–water partition coefficient (Wildman–Crippen LogP) is 9.92. The van der Waals surface area contributed by atoms with Crippen molar-refractivity contribution in [2.75, 3.05) is 0 Å². The van der Waals surface area contributed by atoms with Crippen LogP contribution in [0.3, 0.4) is 0 Å². The number of oxazole rings is 1. The molecule has 0 bridgehead atoms. The van der Waals surface area contributed by atoms with Gasteiger partial charge in [0.2, 0.25) is 0 Å². The van der Waals surface area contributed by atoms with E-state index in [2.05, 4.69) is 53.1 Å². The SMILES string of the molecule is C1=CCC=C1.C1=CN=CC1.C1=CN=CC1.c1ccccc1.c1ccncc1.c1ccoc1.c1ccsc1.c1cocn1. The highest BCUT2D eigenvalue weighted by atomic mass is 32.1. The zero-order valence-corrected chi connectivity index (χ0v) is 24.4. The first-order valence-electron chi connectivity index (χ1n) is 13.3. The highest BCUT2D eigenvalue weighted by Crippen LogP contribution is 1.93. The minimum atomic E-state index is 1.03. The largest absolute Gasteiger partial charge is 0.473 e. The molecule has 0 fully saturated rings. The van der Waals surface area contributed by atoms with Crippen molar-refractivity contribution in [3.63, 3.8) is 0 Å². The number of benzene rings is 1. The first-order chi connectivity index (χ1) is 21.0. The maximum Gasteiger partial charge on any atom is 0.180 e. The summed E-state index contributed by atoms with van der Waals surface area (Å²) in [6, 6.07) is 25.4. The van der Waals surface area contributed by atoms with E-state index in [4.69, 9.17) is 0 Å². The Morgan fingerprint density at radius 3 is 1.17 bits per heavy atom. The van der Waals surface area contributed by atoms with Crippen molar-refractivity contribution in [3.05, 3.63) is 182 Å². The van der Waals surface area contributed by atoms with Crippen LogP contribution in [0.5, 0.6) is 0 Å². The second-order valence-corrected chi connectivity index (χ2v) is 8.25. The lowest BCUT2D eigenvalue weighted by Gasteiger charge is -1.70. The van der Waals surface area contributed by atoms with Crippen LogP contribution in [0.25, 0.3) is 0 Å². The van der Waals surface area contributed by atoms with E-state index in [0.29, 0.717) is 0 Å². The van der Waals surface area contributed by atoms with E-state index in [9.17, 15) is 0 Å². The molecule has 216 valence electrons. The molecule has 0 amide bonds. The van der Waals surface area contributed by atoms with Gasteiger partial charge in [-0.3, -0.25) is 15.0 Å². The summed E-state index contributed by atoms with van der Waals surface area (Å²) in [5.74, 6) is 0. The Kier molecular flexibility index (Phi) is 26.6. The molecular formula is C35H38N4O2S. The molecular weight excluding hydrogens is 540 g/mol. The molecule has 5 aromatic rings. The molecule has 2 aliphatic heterocycles. The summed E-state index contributed by atoms with van der Waals surface area (Å²) in [5.41, 5.74) is 0. The van der Waals surface area contributed by atoms with Gasteiger partial charge in [0.1, 0.15) is 6.26 Å². The lowest BCUT2D eigenvalue weighted by molar-refractivity contribution is 0.558. The average Bonchev–Trinajstić information content (AvgIpc) is 3.93. The first-order valence-corrected chi connectivity index (χ1v) is 14.2. The highest BCUT2D eigenvalue weighted by Gasteiger charge is 1.74. The Balaban J connectivity index is 0.000000240. The van der Waals surface area contributed by atoms with Crippen LogP contribution in [-0.2, 0) is 0 Å². The lowest BCUT2D eigenvalue weighted by atomic mass is 10.4. The van der Waals surface area contributed by atoms with E-state index < -0.39 is 0 Å². The molecule has 0 radical (unpaired) electrons. The van der Waals surface area contributed by atoms with Crippen molar-refractivity contribution < 1.29 is 8.83 Å². The van der Waals surface area contributed by atoms with E-state index in [1.165, 1.54) is 12.7 Å². The number of aliphatic imine (C=N–C) groups is 2.